The van der Waals surface area contributed by atoms with Crippen LogP contribution in [0.25, 0.3) is 0 Å². The second-order valence-electron chi connectivity index (χ2n) is 0. The smallest absolute Gasteiger partial charge is 1.00 e. The zero-order valence-electron chi connectivity index (χ0n) is 6.31. The molecule has 0 atom stereocenters. The fourth-order valence-corrected chi connectivity index (χ4v) is 0. The van der Waals surface area contributed by atoms with E-state index in [1.54, 1.807) is 0 Å². The predicted octanol–water partition coefficient (Wildman–Crippen LogP) is -13.5. The average Bonchev–Trinajstić information content (AvgIpc) is 0. The summed E-state index contributed by atoms with van der Waals surface area (Å²) < 4.78 is 0. The second-order valence-corrected chi connectivity index (χ2v) is 0. The van der Waals surface area contributed by atoms with Crippen molar-refractivity contribution < 1.29 is 118 Å². The molecule has 0 aromatic heterocycles. The Labute approximate surface area is 148 Å². The Morgan fingerprint density at radius 2 is 0.250 bits per heavy atom. The van der Waals surface area contributed by atoms with Crippen LogP contribution >= 0.6 is 0 Å². The van der Waals surface area contributed by atoms with Crippen LogP contribution in [0.5, 0.6) is 0 Å². The van der Waals surface area contributed by atoms with Gasteiger partial charge in [0.15, 0.2) is 0 Å². The van der Waals surface area contributed by atoms with Crippen LogP contribution in [0.4, 0.5) is 0 Å². The summed E-state index contributed by atoms with van der Waals surface area (Å²) in [6.07, 6.45) is 0. The summed E-state index contributed by atoms with van der Waals surface area (Å²) in [4.78, 5) is 0. The van der Waals surface area contributed by atoms with Crippen LogP contribution in [-0.2, 0) is 0 Å². The Morgan fingerprint density at radius 1 is 0.250 bits per heavy atom. The van der Waals surface area contributed by atoms with Crippen molar-refractivity contribution in [2.75, 3.05) is 0 Å². The van der Waals surface area contributed by atoms with Crippen molar-refractivity contribution >= 4 is 33.7 Å². The molecule has 0 amide bonds. The molecule has 16 valence electrons. The van der Waals surface area contributed by atoms with Gasteiger partial charge in [0, 0.05) is 0 Å². The topological polar surface area (TPSA) is 0 Å². The maximum atomic E-state index is 0. The first-order valence-corrected chi connectivity index (χ1v) is 0. The summed E-state index contributed by atoms with van der Waals surface area (Å²) in [5.41, 5.74) is 0. The monoisotopic (exact) mass is 136 g/mol. The molecule has 0 aromatic carbocycles. The van der Waals surface area contributed by atoms with Crippen molar-refractivity contribution in [2.45, 2.75) is 0 Å². The minimum absolute atomic E-state index is 0. The summed E-state index contributed by atoms with van der Waals surface area (Å²) in [6, 6.07) is 0. The van der Waals surface area contributed by atoms with E-state index < -0.39 is 0 Å². The Morgan fingerprint density at radius 3 is 0.250 bits per heavy atom. The quantitative estimate of drug-likeness (QED) is 0.289. The Balaban J connectivity index is 0. The van der Waals surface area contributed by atoms with Gasteiger partial charge in [0.05, 0.1) is 0 Å². The van der Waals surface area contributed by atoms with Gasteiger partial charge in [-0.3, -0.25) is 0 Å². The van der Waals surface area contributed by atoms with Crippen molar-refractivity contribution in [1.82, 2.24) is 0 Å². The largest absolute Gasteiger partial charge is 1.00 e. The molecule has 0 saturated carbocycles. The van der Waals surface area contributed by atoms with Gasteiger partial charge >= 0.3 is 118 Å². The van der Waals surface area contributed by atoms with Crippen molar-refractivity contribution in [1.29, 1.82) is 0 Å². The van der Waals surface area contributed by atoms with Crippen LogP contribution in [0.2, 0.25) is 0 Å². The molecular formula is B4Na4. The van der Waals surface area contributed by atoms with Crippen molar-refractivity contribution in [3.8, 4) is 0 Å². The third-order valence-electron chi connectivity index (χ3n) is 0. The van der Waals surface area contributed by atoms with Crippen molar-refractivity contribution in [3.63, 3.8) is 0 Å². The Hall–Kier alpha value is 4.26. The van der Waals surface area contributed by atoms with Gasteiger partial charge in [-0.1, -0.05) is 0 Å². The summed E-state index contributed by atoms with van der Waals surface area (Å²) >= 11 is 0. The molecule has 0 nitrogen and oxygen atoms in total. The van der Waals surface area contributed by atoms with Crippen LogP contribution in [0.15, 0.2) is 0 Å². The van der Waals surface area contributed by atoms with Crippen LogP contribution in [0.3, 0.4) is 0 Å². The van der Waals surface area contributed by atoms with Crippen LogP contribution in [-0.4, -0.2) is 33.7 Å². The first kappa shape index (κ1) is 85.7. The van der Waals surface area contributed by atoms with E-state index in [0.717, 1.165) is 0 Å². The Kier molecular flexibility index (Phi) is 699. The molecule has 0 bridgehead atoms. The SMILES string of the molecule is [B-].[B-].[B-].[B-].[Na+].[Na+].[Na+].[Na+]. The second kappa shape index (κ2) is 65.3. The molecule has 0 fully saturated rings. The van der Waals surface area contributed by atoms with Crippen LogP contribution < -0.4 is 118 Å². The van der Waals surface area contributed by atoms with E-state index in [-0.39, 0.29) is 152 Å². The van der Waals surface area contributed by atoms with E-state index in [2.05, 4.69) is 0 Å². The summed E-state index contributed by atoms with van der Waals surface area (Å²) in [6.45, 7) is 0. The molecule has 16 radical (unpaired) electrons. The van der Waals surface area contributed by atoms with E-state index in [4.69, 9.17) is 0 Å². The molecule has 0 N–H and O–H groups in total. The molecule has 8 heteroatoms. The number of rotatable bonds is 0. The molecule has 0 aromatic rings. The van der Waals surface area contributed by atoms with Crippen molar-refractivity contribution in [3.05, 3.63) is 0 Å². The van der Waals surface area contributed by atoms with Gasteiger partial charge in [0.25, 0.3) is 0 Å². The zero-order valence-corrected chi connectivity index (χ0v) is 14.3. The molecule has 0 aliphatic rings. The zero-order chi connectivity index (χ0) is 0. The third-order valence-corrected chi connectivity index (χ3v) is 0. The van der Waals surface area contributed by atoms with Gasteiger partial charge in [0.2, 0.25) is 0 Å². The molecule has 0 saturated heterocycles. The molecular weight excluding hydrogens is 135 g/mol. The fraction of sp³-hybridized carbons (Fsp3) is 0. The molecule has 8 heavy (non-hydrogen) atoms. The predicted molar refractivity (Wildman–Crippen MR) is 23.0 cm³/mol. The molecule has 0 aliphatic heterocycles. The van der Waals surface area contributed by atoms with Gasteiger partial charge in [-0.25, -0.2) is 0 Å². The maximum Gasteiger partial charge on any atom is 1.00 e. The summed E-state index contributed by atoms with van der Waals surface area (Å²) in [5, 5.41) is 0. The van der Waals surface area contributed by atoms with E-state index in [9.17, 15) is 0 Å². The maximum absolute atomic E-state index is 0. The molecule has 0 unspecified atom stereocenters. The molecule has 0 aliphatic carbocycles. The van der Waals surface area contributed by atoms with E-state index >= 15 is 0 Å². The number of hydrogen-bond acceptors (Lipinski definition) is 0. The van der Waals surface area contributed by atoms with E-state index in [1.165, 1.54) is 0 Å². The number of hydrogen-bond donors (Lipinski definition) is 0. The first-order chi connectivity index (χ1) is 0. The van der Waals surface area contributed by atoms with Gasteiger partial charge in [-0.05, 0) is 0 Å². The minimum atomic E-state index is 0. The average molecular weight is 135 g/mol. The van der Waals surface area contributed by atoms with Gasteiger partial charge < -0.3 is 33.7 Å². The normalized spacial score (nSPS) is 0. The van der Waals surface area contributed by atoms with Gasteiger partial charge in [0.1, 0.15) is 0 Å². The first-order valence-electron chi connectivity index (χ1n) is 0. The van der Waals surface area contributed by atoms with Gasteiger partial charge in [-0.2, -0.15) is 0 Å². The molecule has 0 spiro atoms. The van der Waals surface area contributed by atoms with Crippen LogP contribution in [0.1, 0.15) is 0 Å². The third kappa shape index (κ3) is 48.5. The summed E-state index contributed by atoms with van der Waals surface area (Å²) in [7, 11) is 0. The van der Waals surface area contributed by atoms with Crippen molar-refractivity contribution in [2.24, 2.45) is 0 Å². The van der Waals surface area contributed by atoms with Gasteiger partial charge in [-0.15, -0.1) is 0 Å². The molecule has 0 heterocycles. The fourth-order valence-electron chi connectivity index (χ4n) is 0. The Bertz CT molecular complexity index is 8.00. The minimum Gasteiger partial charge on any atom is -1.00 e. The van der Waals surface area contributed by atoms with E-state index in [0.29, 0.717) is 0 Å². The summed E-state index contributed by atoms with van der Waals surface area (Å²) in [5.74, 6) is 0. The van der Waals surface area contributed by atoms with E-state index in [1.807, 2.05) is 0 Å². The molecule has 0 rings (SSSR count). The standard InChI is InChI=1S/4B.4Na/q4*-1;4*+1. The van der Waals surface area contributed by atoms with Crippen LogP contribution in [0, 0.1) is 0 Å².